The Morgan fingerprint density at radius 1 is 1.28 bits per heavy atom. The van der Waals surface area contributed by atoms with Crippen molar-refractivity contribution in [3.8, 4) is 0 Å². The summed E-state index contributed by atoms with van der Waals surface area (Å²) in [7, 11) is 0. The molecule has 1 aromatic carbocycles. The van der Waals surface area contributed by atoms with E-state index in [9.17, 15) is 4.79 Å². The molecule has 0 radical (unpaired) electrons. The van der Waals surface area contributed by atoms with Crippen molar-refractivity contribution in [1.82, 2.24) is 5.32 Å². The molecule has 3 heteroatoms. The first-order chi connectivity index (χ1) is 8.50. The van der Waals surface area contributed by atoms with Gasteiger partial charge in [0.25, 0.3) is 0 Å². The number of hydrogen-bond donors (Lipinski definition) is 1. The van der Waals surface area contributed by atoms with E-state index in [1.807, 2.05) is 32.9 Å². The van der Waals surface area contributed by atoms with Crippen LogP contribution >= 0.6 is 0 Å². The molecule has 1 aromatic rings. The van der Waals surface area contributed by atoms with Crippen LogP contribution < -0.4 is 5.32 Å². The number of carbonyl (C=O) groups excluding carboxylic acids is 1. The van der Waals surface area contributed by atoms with Gasteiger partial charge < -0.3 is 10.1 Å². The molecule has 0 spiro atoms. The van der Waals surface area contributed by atoms with Gasteiger partial charge in [-0.15, -0.1) is 0 Å². The highest BCUT2D eigenvalue weighted by atomic mass is 16.5. The zero-order valence-corrected chi connectivity index (χ0v) is 11.7. The largest absolute Gasteiger partial charge is 0.461 e. The molecule has 0 amide bonds. The van der Waals surface area contributed by atoms with Crippen LogP contribution in [0.1, 0.15) is 31.9 Å². The van der Waals surface area contributed by atoms with E-state index in [0.29, 0.717) is 6.54 Å². The molecular formula is C15H23NO2. The van der Waals surface area contributed by atoms with Crippen LogP contribution in [-0.2, 0) is 16.1 Å². The quantitative estimate of drug-likeness (QED) is 0.788. The lowest BCUT2D eigenvalue weighted by Gasteiger charge is -2.16. The van der Waals surface area contributed by atoms with Gasteiger partial charge in [-0.2, -0.15) is 0 Å². The number of rotatable bonds is 6. The van der Waals surface area contributed by atoms with E-state index in [-0.39, 0.29) is 18.0 Å². The minimum absolute atomic E-state index is 0.0659. The van der Waals surface area contributed by atoms with Crippen LogP contribution in [0, 0.1) is 12.8 Å². The van der Waals surface area contributed by atoms with Gasteiger partial charge in [-0.25, -0.2) is 0 Å². The molecule has 0 aliphatic carbocycles. The van der Waals surface area contributed by atoms with E-state index in [4.69, 9.17) is 4.74 Å². The Balaban J connectivity index is 2.30. The van der Waals surface area contributed by atoms with Crippen molar-refractivity contribution >= 4 is 5.97 Å². The van der Waals surface area contributed by atoms with Crippen LogP contribution in [0.5, 0.6) is 0 Å². The summed E-state index contributed by atoms with van der Waals surface area (Å²) < 4.78 is 5.28. The highest BCUT2D eigenvalue weighted by Crippen LogP contribution is 2.06. The second kappa shape index (κ2) is 7.17. The Kier molecular flexibility index (Phi) is 5.86. The second-order valence-corrected chi connectivity index (χ2v) is 4.96. The molecule has 1 unspecified atom stereocenters. The highest BCUT2D eigenvalue weighted by molar-refractivity contribution is 5.71. The van der Waals surface area contributed by atoms with Crippen LogP contribution in [0.2, 0.25) is 0 Å². The second-order valence-electron chi connectivity index (χ2n) is 4.96. The molecule has 0 saturated carbocycles. The number of esters is 1. The lowest BCUT2D eigenvalue weighted by Crippen LogP contribution is -2.30. The van der Waals surface area contributed by atoms with Crippen molar-refractivity contribution in [2.75, 3.05) is 6.54 Å². The van der Waals surface area contributed by atoms with Gasteiger partial charge >= 0.3 is 5.97 Å². The van der Waals surface area contributed by atoms with E-state index in [1.165, 1.54) is 11.1 Å². The lowest BCUT2D eigenvalue weighted by molar-refractivity contribution is -0.151. The maximum Gasteiger partial charge on any atom is 0.308 e. The molecule has 18 heavy (non-hydrogen) atoms. The van der Waals surface area contributed by atoms with Crippen LogP contribution in [-0.4, -0.2) is 18.6 Å². The average Bonchev–Trinajstić information content (AvgIpc) is 2.31. The first-order valence-electron chi connectivity index (χ1n) is 6.46. The molecule has 0 saturated heterocycles. The van der Waals surface area contributed by atoms with Crippen molar-refractivity contribution in [1.29, 1.82) is 0 Å². The zero-order chi connectivity index (χ0) is 13.5. The van der Waals surface area contributed by atoms with E-state index in [2.05, 4.69) is 24.4 Å². The van der Waals surface area contributed by atoms with Gasteiger partial charge in [0.1, 0.15) is 6.10 Å². The summed E-state index contributed by atoms with van der Waals surface area (Å²) in [4.78, 5) is 11.4. The van der Waals surface area contributed by atoms with Gasteiger partial charge in [0.05, 0.1) is 5.92 Å². The summed E-state index contributed by atoms with van der Waals surface area (Å²) in [6.45, 7) is 9.17. The summed E-state index contributed by atoms with van der Waals surface area (Å²) in [5.74, 6) is -0.205. The van der Waals surface area contributed by atoms with Crippen molar-refractivity contribution < 1.29 is 9.53 Å². The Labute approximate surface area is 110 Å². The van der Waals surface area contributed by atoms with E-state index >= 15 is 0 Å². The summed E-state index contributed by atoms with van der Waals surface area (Å²) in [6, 6.07) is 8.27. The maximum atomic E-state index is 11.4. The van der Waals surface area contributed by atoms with Gasteiger partial charge in [-0.1, -0.05) is 38.1 Å². The number of hydrogen-bond acceptors (Lipinski definition) is 3. The third kappa shape index (κ3) is 4.88. The molecule has 0 fully saturated rings. The molecule has 0 aliphatic rings. The Bertz CT molecular complexity index is 388. The van der Waals surface area contributed by atoms with E-state index in [1.54, 1.807) is 0 Å². The Morgan fingerprint density at radius 3 is 2.56 bits per heavy atom. The first-order valence-corrected chi connectivity index (χ1v) is 6.46. The third-order valence-electron chi connectivity index (χ3n) is 2.80. The van der Waals surface area contributed by atoms with E-state index in [0.717, 1.165) is 6.54 Å². The highest BCUT2D eigenvalue weighted by Gasteiger charge is 2.12. The van der Waals surface area contributed by atoms with Crippen LogP contribution in [0.25, 0.3) is 0 Å². The topological polar surface area (TPSA) is 38.3 Å². The van der Waals surface area contributed by atoms with Gasteiger partial charge in [-0.05, 0) is 25.0 Å². The lowest BCUT2D eigenvalue weighted by atomic mass is 10.1. The molecule has 0 bridgehead atoms. The Morgan fingerprint density at radius 2 is 1.94 bits per heavy atom. The van der Waals surface area contributed by atoms with Crippen LogP contribution in [0.3, 0.4) is 0 Å². The number of aryl methyl sites for hydroxylation is 1. The number of carbonyl (C=O) groups is 1. The van der Waals surface area contributed by atoms with Gasteiger partial charge in [0.2, 0.25) is 0 Å². The molecule has 0 aliphatic heterocycles. The summed E-state index contributed by atoms with van der Waals surface area (Å²) in [5.41, 5.74) is 2.55. The normalized spacial score (nSPS) is 12.5. The minimum atomic E-state index is -0.139. The fraction of sp³-hybridized carbons (Fsp3) is 0.533. The Hall–Kier alpha value is -1.35. The predicted octanol–water partition coefficient (Wildman–Crippen LogP) is 2.67. The first kappa shape index (κ1) is 14.7. The van der Waals surface area contributed by atoms with Gasteiger partial charge in [0.15, 0.2) is 0 Å². The number of ether oxygens (including phenoxy) is 1. The standard InChI is InChI=1S/C15H23NO2/c1-11(2)15(17)18-13(4)9-16-10-14-8-6-5-7-12(14)3/h5-8,11,13,16H,9-10H2,1-4H3. The van der Waals surface area contributed by atoms with Crippen molar-refractivity contribution in [3.63, 3.8) is 0 Å². The molecule has 3 nitrogen and oxygen atoms in total. The van der Waals surface area contributed by atoms with Crippen LogP contribution in [0.4, 0.5) is 0 Å². The predicted molar refractivity (Wildman–Crippen MR) is 73.3 cm³/mol. The van der Waals surface area contributed by atoms with Crippen molar-refractivity contribution in [2.24, 2.45) is 5.92 Å². The maximum absolute atomic E-state index is 11.4. The monoisotopic (exact) mass is 249 g/mol. The number of benzene rings is 1. The molecular weight excluding hydrogens is 226 g/mol. The summed E-state index contributed by atoms with van der Waals surface area (Å²) in [6.07, 6.45) is -0.0936. The molecule has 1 atom stereocenters. The third-order valence-corrected chi connectivity index (χ3v) is 2.80. The molecule has 0 aromatic heterocycles. The van der Waals surface area contributed by atoms with Gasteiger partial charge in [0, 0.05) is 13.1 Å². The molecule has 1 N–H and O–H groups in total. The van der Waals surface area contributed by atoms with Gasteiger partial charge in [-0.3, -0.25) is 4.79 Å². The average molecular weight is 249 g/mol. The molecule has 100 valence electrons. The SMILES string of the molecule is Cc1ccccc1CNCC(C)OC(=O)C(C)C. The molecule has 1 rings (SSSR count). The summed E-state index contributed by atoms with van der Waals surface area (Å²) in [5, 5.41) is 3.31. The number of nitrogens with one attached hydrogen (secondary N) is 1. The smallest absolute Gasteiger partial charge is 0.308 e. The van der Waals surface area contributed by atoms with Crippen molar-refractivity contribution in [3.05, 3.63) is 35.4 Å². The van der Waals surface area contributed by atoms with E-state index < -0.39 is 0 Å². The van der Waals surface area contributed by atoms with Crippen LogP contribution in [0.15, 0.2) is 24.3 Å². The fourth-order valence-electron chi connectivity index (χ4n) is 1.59. The minimum Gasteiger partial charge on any atom is -0.461 e. The molecule has 0 heterocycles. The summed E-state index contributed by atoms with van der Waals surface area (Å²) >= 11 is 0. The van der Waals surface area contributed by atoms with Crippen molar-refractivity contribution in [2.45, 2.75) is 40.3 Å². The zero-order valence-electron chi connectivity index (χ0n) is 11.7. The fourth-order valence-corrected chi connectivity index (χ4v) is 1.59.